The number of rotatable bonds is 6. The van der Waals surface area contributed by atoms with Gasteiger partial charge in [-0.15, -0.1) is 0 Å². The van der Waals surface area contributed by atoms with Crippen molar-refractivity contribution in [3.63, 3.8) is 0 Å². The Labute approximate surface area is 221 Å². The molecule has 5 rings (SSSR count). The fourth-order valence-electron chi connectivity index (χ4n) is 5.09. The van der Waals surface area contributed by atoms with Crippen LogP contribution >= 0.6 is 0 Å². The van der Waals surface area contributed by atoms with E-state index in [4.69, 9.17) is 9.47 Å². The minimum Gasteiger partial charge on any atom is -0.497 e. The van der Waals surface area contributed by atoms with Crippen LogP contribution in [0.5, 0.6) is 5.75 Å². The molecule has 196 valence electrons. The highest BCUT2D eigenvalue weighted by atomic mass is 16.5. The van der Waals surface area contributed by atoms with Crippen LogP contribution in [-0.2, 0) is 16.1 Å². The second-order valence-corrected chi connectivity index (χ2v) is 9.41. The van der Waals surface area contributed by atoms with Gasteiger partial charge in [-0.05, 0) is 48.0 Å². The molecule has 9 heteroatoms. The zero-order valence-corrected chi connectivity index (χ0v) is 21.2. The van der Waals surface area contributed by atoms with Crippen molar-refractivity contribution in [3.8, 4) is 5.75 Å². The van der Waals surface area contributed by atoms with Gasteiger partial charge in [0.15, 0.2) is 0 Å². The number of benzene rings is 2. The summed E-state index contributed by atoms with van der Waals surface area (Å²) in [5.74, 6) is -0.0365. The van der Waals surface area contributed by atoms with E-state index in [1.165, 1.54) is 0 Å². The van der Waals surface area contributed by atoms with Gasteiger partial charge in [-0.1, -0.05) is 24.3 Å². The van der Waals surface area contributed by atoms with E-state index in [1.807, 2.05) is 18.2 Å². The van der Waals surface area contributed by atoms with Gasteiger partial charge >= 0.3 is 0 Å². The number of methoxy groups -OCH3 is 1. The average molecular weight is 515 g/mol. The second-order valence-electron chi connectivity index (χ2n) is 9.41. The molecule has 0 saturated carbocycles. The summed E-state index contributed by atoms with van der Waals surface area (Å²) in [6, 6.07) is 18.8. The molecule has 9 nitrogen and oxygen atoms in total. The Hall–Kier alpha value is -4.24. The molecule has 1 atom stereocenters. The molecule has 0 bridgehead atoms. The lowest BCUT2D eigenvalue weighted by molar-refractivity contribution is -0.128. The minimum absolute atomic E-state index is 0.0879. The summed E-state index contributed by atoms with van der Waals surface area (Å²) < 4.78 is 11.5. The van der Waals surface area contributed by atoms with E-state index in [0.717, 1.165) is 5.56 Å². The molecule has 2 aliphatic heterocycles. The first-order valence-electron chi connectivity index (χ1n) is 12.6. The number of aromatic nitrogens is 1. The highest BCUT2D eigenvalue weighted by molar-refractivity contribution is 5.98. The van der Waals surface area contributed by atoms with Crippen molar-refractivity contribution in [2.24, 2.45) is 0 Å². The Morgan fingerprint density at radius 1 is 0.974 bits per heavy atom. The van der Waals surface area contributed by atoms with Crippen molar-refractivity contribution < 1.29 is 23.9 Å². The van der Waals surface area contributed by atoms with E-state index in [1.54, 1.807) is 77.8 Å². The monoisotopic (exact) mass is 514 g/mol. The topological polar surface area (TPSA) is 101 Å². The summed E-state index contributed by atoms with van der Waals surface area (Å²) in [5.41, 5.74) is 0.959. The van der Waals surface area contributed by atoms with Crippen molar-refractivity contribution in [2.45, 2.75) is 31.2 Å². The number of likely N-dealkylation sites (tertiary alicyclic amines) is 1. The van der Waals surface area contributed by atoms with Crippen LogP contribution in [0.3, 0.4) is 0 Å². The van der Waals surface area contributed by atoms with Gasteiger partial charge in [-0.3, -0.25) is 24.3 Å². The standard InChI is InChI=1S/C29H30N4O5/c1-37-24-9-5-8-23(18-24)27(35)32-16-12-29(13-17-32)33(28(36)22-6-3-2-4-7-22)25(20-38-29)26(34)31-19-21-10-14-30-15-11-21/h2-11,14-15,18,25H,12-13,16-17,19-20H2,1H3,(H,31,34)/t25-/m0/s1. The fourth-order valence-corrected chi connectivity index (χ4v) is 5.09. The predicted octanol–water partition coefficient (Wildman–Crippen LogP) is 2.88. The van der Waals surface area contributed by atoms with Crippen LogP contribution in [0.15, 0.2) is 79.1 Å². The lowest BCUT2D eigenvalue weighted by Crippen LogP contribution is -2.59. The molecule has 38 heavy (non-hydrogen) atoms. The SMILES string of the molecule is COc1cccc(C(=O)N2CCC3(CC2)OC[C@@H](C(=O)NCc2ccncc2)N3C(=O)c2ccccc2)c1. The maximum atomic E-state index is 13.8. The number of piperidine rings is 1. The van der Waals surface area contributed by atoms with E-state index < -0.39 is 11.8 Å². The summed E-state index contributed by atoms with van der Waals surface area (Å²) in [7, 11) is 1.56. The molecule has 1 N–H and O–H groups in total. The maximum absolute atomic E-state index is 13.8. The summed E-state index contributed by atoms with van der Waals surface area (Å²) in [4.78, 5) is 47.6. The van der Waals surface area contributed by atoms with Gasteiger partial charge in [-0.2, -0.15) is 0 Å². The van der Waals surface area contributed by atoms with E-state index in [2.05, 4.69) is 10.3 Å². The maximum Gasteiger partial charge on any atom is 0.256 e. The third kappa shape index (κ3) is 5.10. The van der Waals surface area contributed by atoms with Crippen LogP contribution in [-0.4, -0.2) is 71.1 Å². The van der Waals surface area contributed by atoms with E-state index >= 15 is 0 Å². The summed E-state index contributed by atoms with van der Waals surface area (Å²) in [5, 5.41) is 2.94. The Balaban J connectivity index is 1.34. The summed E-state index contributed by atoms with van der Waals surface area (Å²) in [6.07, 6.45) is 4.13. The van der Waals surface area contributed by atoms with Gasteiger partial charge in [0.05, 0.1) is 13.7 Å². The summed E-state index contributed by atoms with van der Waals surface area (Å²) in [6.45, 7) is 1.19. The number of hydrogen-bond acceptors (Lipinski definition) is 6. The molecule has 0 unspecified atom stereocenters. The van der Waals surface area contributed by atoms with Crippen molar-refractivity contribution in [1.82, 2.24) is 20.1 Å². The Bertz CT molecular complexity index is 1290. The molecule has 1 aromatic heterocycles. The smallest absolute Gasteiger partial charge is 0.256 e. The first-order chi connectivity index (χ1) is 18.5. The molecule has 0 aliphatic carbocycles. The Morgan fingerprint density at radius 2 is 1.68 bits per heavy atom. The minimum atomic E-state index is -0.975. The first-order valence-corrected chi connectivity index (χ1v) is 12.6. The van der Waals surface area contributed by atoms with Crippen molar-refractivity contribution in [1.29, 1.82) is 0 Å². The molecule has 2 aliphatic rings. The van der Waals surface area contributed by atoms with Crippen molar-refractivity contribution >= 4 is 17.7 Å². The molecule has 2 saturated heterocycles. The lowest BCUT2D eigenvalue weighted by Gasteiger charge is -2.44. The van der Waals surface area contributed by atoms with E-state index in [-0.39, 0.29) is 24.3 Å². The molecule has 2 fully saturated rings. The second kappa shape index (κ2) is 11.0. The van der Waals surface area contributed by atoms with Crippen LogP contribution in [0.1, 0.15) is 39.1 Å². The molecule has 3 aromatic rings. The highest BCUT2D eigenvalue weighted by Gasteiger charge is 2.54. The number of carbonyl (C=O) groups excluding carboxylic acids is 3. The largest absolute Gasteiger partial charge is 0.497 e. The lowest BCUT2D eigenvalue weighted by atomic mass is 9.96. The van der Waals surface area contributed by atoms with Gasteiger partial charge in [0.1, 0.15) is 17.5 Å². The van der Waals surface area contributed by atoms with Gasteiger partial charge in [-0.25, -0.2) is 0 Å². The zero-order chi connectivity index (χ0) is 26.5. The van der Waals surface area contributed by atoms with Crippen LogP contribution in [0, 0.1) is 0 Å². The molecule has 2 aromatic carbocycles. The molecule has 3 heterocycles. The molecule has 1 spiro atoms. The number of ether oxygens (including phenoxy) is 2. The summed E-state index contributed by atoms with van der Waals surface area (Å²) >= 11 is 0. The third-order valence-electron chi connectivity index (χ3n) is 7.17. The number of amides is 3. The van der Waals surface area contributed by atoms with Crippen LogP contribution in [0.4, 0.5) is 0 Å². The van der Waals surface area contributed by atoms with E-state index in [0.29, 0.717) is 49.4 Å². The molecular formula is C29H30N4O5. The predicted molar refractivity (Wildman–Crippen MR) is 139 cm³/mol. The normalized spacial score (nSPS) is 18.3. The Kier molecular flexibility index (Phi) is 7.37. The van der Waals surface area contributed by atoms with Gasteiger partial charge in [0, 0.05) is 56.0 Å². The van der Waals surface area contributed by atoms with Crippen LogP contribution in [0.2, 0.25) is 0 Å². The van der Waals surface area contributed by atoms with Gasteiger partial charge in [0.2, 0.25) is 5.91 Å². The number of hydrogen-bond donors (Lipinski definition) is 1. The van der Waals surface area contributed by atoms with Gasteiger partial charge in [0.25, 0.3) is 11.8 Å². The number of pyridine rings is 1. The fraction of sp³-hybridized carbons (Fsp3) is 0.310. The number of nitrogens with one attached hydrogen (secondary N) is 1. The number of carbonyl (C=O) groups is 3. The van der Waals surface area contributed by atoms with E-state index in [9.17, 15) is 14.4 Å². The first kappa shape index (κ1) is 25.4. The van der Waals surface area contributed by atoms with Crippen LogP contribution in [0.25, 0.3) is 0 Å². The molecule has 3 amide bonds. The number of nitrogens with zero attached hydrogens (tertiary/aromatic N) is 3. The molecular weight excluding hydrogens is 484 g/mol. The van der Waals surface area contributed by atoms with Crippen LogP contribution < -0.4 is 10.1 Å². The average Bonchev–Trinajstić information content (AvgIpc) is 3.35. The Morgan fingerprint density at radius 3 is 2.39 bits per heavy atom. The quantitative estimate of drug-likeness (QED) is 0.543. The zero-order valence-electron chi connectivity index (χ0n) is 21.2. The molecule has 0 radical (unpaired) electrons. The van der Waals surface area contributed by atoms with Crippen molar-refractivity contribution in [2.75, 3.05) is 26.8 Å². The third-order valence-corrected chi connectivity index (χ3v) is 7.17. The van der Waals surface area contributed by atoms with Gasteiger partial charge < -0.3 is 19.7 Å². The van der Waals surface area contributed by atoms with Crippen molar-refractivity contribution in [3.05, 3.63) is 95.8 Å². The highest BCUT2D eigenvalue weighted by Crippen LogP contribution is 2.39.